The zero-order valence-corrected chi connectivity index (χ0v) is 12.5. The maximum absolute atomic E-state index is 5.41. The van der Waals surface area contributed by atoms with Crippen molar-refractivity contribution in [1.29, 1.82) is 0 Å². The van der Waals surface area contributed by atoms with Gasteiger partial charge in [0, 0.05) is 32.7 Å². The van der Waals surface area contributed by atoms with E-state index in [2.05, 4.69) is 25.1 Å². The summed E-state index contributed by atoms with van der Waals surface area (Å²) in [5, 5.41) is 3.07. The third kappa shape index (κ3) is 2.39. The molecular formula is C14H22N6O. The smallest absolute Gasteiger partial charge is 0.232 e. The van der Waals surface area contributed by atoms with Crippen molar-refractivity contribution in [1.82, 2.24) is 15.0 Å². The number of fused-ring (bicyclic) bond motifs is 2. The van der Waals surface area contributed by atoms with E-state index in [-0.39, 0.29) is 0 Å². The van der Waals surface area contributed by atoms with E-state index in [1.807, 2.05) is 7.05 Å². The fourth-order valence-electron chi connectivity index (χ4n) is 3.67. The highest BCUT2D eigenvalue weighted by Crippen LogP contribution is 2.39. The van der Waals surface area contributed by atoms with E-state index >= 15 is 0 Å². The second-order valence-corrected chi connectivity index (χ2v) is 6.09. The van der Waals surface area contributed by atoms with Crippen molar-refractivity contribution in [2.75, 3.05) is 55.0 Å². The first kappa shape index (κ1) is 13.1. The molecule has 1 aliphatic carbocycles. The third-order valence-corrected chi connectivity index (χ3v) is 4.80. The highest BCUT2D eigenvalue weighted by atomic mass is 16.5. The molecule has 7 nitrogen and oxygen atoms in total. The Kier molecular flexibility index (Phi) is 3.29. The van der Waals surface area contributed by atoms with Crippen LogP contribution in [0.4, 0.5) is 17.8 Å². The maximum atomic E-state index is 5.41. The highest BCUT2D eigenvalue weighted by molar-refractivity contribution is 5.47. The normalized spacial score (nSPS) is 28.2. The number of hydrogen-bond acceptors (Lipinski definition) is 7. The molecule has 2 bridgehead atoms. The Bertz CT molecular complexity index is 518. The predicted molar refractivity (Wildman–Crippen MR) is 80.9 cm³/mol. The molecule has 2 saturated heterocycles. The first-order valence-corrected chi connectivity index (χ1v) is 7.86. The number of anilines is 3. The minimum absolute atomic E-state index is 0.625. The molecule has 1 aromatic heterocycles. The van der Waals surface area contributed by atoms with Gasteiger partial charge in [-0.25, -0.2) is 0 Å². The Morgan fingerprint density at radius 1 is 1.10 bits per heavy atom. The fraction of sp³-hybridized carbons (Fsp3) is 0.786. The number of ether oxygens (including phenoxy) is 1. The van der Waals surface area contributed by atoms with Crippen LogP contribution < -0.4 is 15.1 Å². The Balaban J connectivity index is 1.63. The van der Waals surface area contributed by atoms with Gasteiger partial charge in [-0.2, -0.15) is 15.0 Å². The molecule has 0 aromatic carbocycles. The van der Waals surface area contributed by atoms with E-state index in [0.29, 0.717) is 12.0 Å². The number of nitrogens with one attached hydrogen (secondary N) is 1. The van der Waals surface area contributed by atoms with Gasteiger partial charge in [-0.3, -0.25) is 0 Å². The van der Waals surface area contributed by atoms with Crippen LogP contribution in [-0.4, -0.2) is 60.9 Å². The topological polar surface area (TPSA) is 66.4 Å². The number of aromatic nitrogens is 3. The van der Waals surface area contributed by atoms with Gasteiger partial charge in [-0.15, -0.1) is 0 Å². The van der Waals surface area contributed by atoms with Crippen molar-refractivity contribution in [3.8, 4) is 0 Å². The van der Waals surface area contributed by atoms with Gasteiger partial charge in [0.2, 0.25) is 17.8 Å². The fourth-order valence-corrected chi connectivity index (χ4v) is 3.67. The highest BCUT2D eigenvalue weighted by Gasteiger charge is 2.39. The van der Waals surface area contributed by atoms with Crippen molar-refractivity contribution in [3.63, 3.8) is 0 Å². The Labute approximate surface area is 124 Å². The Morgan fingerprint density at radius 2 is 1.90 bits per heavy atom. The van der Waals surface area contributed by atoms with Gasteiger partial charge in [0.15, 0.2) is 0 Å². The number of piperidine rings is 1. The van der Waals surface area contributed by atoms with Crippen molar-refractivity contribution in [2.45, 2.75) is 25.3 Å². The summed E-state index contributed by atoms with van der Waals surface area (Å²) in [6.07, 6.45) is 3.94. The summed E-state index contributed by atoms with van der Waals surface area (Å²) in [6, 6.07) is 0.625. The van der Waals surface area contributed by atoms with Gasteiger partial charge in [0.1, 0.15) is 0 Å². The molecule has 1 saturated carbocycles. The second-order valence-electron chi connectivity index (χ2n) is 6.09. The summed E-state index contributed by atoms with van der Waals surface area (Å²) in [5.41, 5.74) is 0. The van der Waals surface area contributed by atoms with E-state index in [0.717, 1.165) is 50.7 Å². The average Bonchev–Trinajstić information content (AvgIpc) is 3.18. The van der Waals surface area contributed by atoms with Crippen LogP contribution >= 0.6 is 0 Å². The molecule has 21 heavy (non-hydrogen) atoms. The molecule has 3 fully saturated rings. The van der Waals surface area contributed by atoms with E-state index in [4.69, 9.17) is 9.72 Å². The molecule has 2 aliphatic heterocycles. The van der Waals surface area contributed by atoms with Gasteiger partial charge in [-0.05, 0) is 25.2 Å². The Hall–Kier alpha value is -1.63. The molecule has 0 amide bonds. The van der Waals surface area contributed by atoms with Gasteiger partial charge in [0.05, 0.1) is 13.2 Å². The molecular weight excluding hydrogens is 268 g/mol. The van der Waals surface area contributed by atoms with Gasteiger partial charge in [0.25, 0.3) is 0 Å². The lowest BCUT2D eigenvalue weighted by atomic mass is 10.1. The number of hydrogen-bond donors (Lipinski definition) is 1. The lowest BCUT2D eigenvalue weighted by molar-refractivity contribution is 0.122. The summed E-state index contributed by atoms with van der Waals surface area (Å²) in [4.78, 5) is 18.4. The van der Waals surface area contributed by atoms with Crippen molar-refractivity contribution >= 4 is 17.8 Å². The minimum Gasteiger partial charge on any atom is -0.378 e. The number of rotatable bonds is 3. The molecule has 3 aliphatic rings. The number of nitrogens with zero attached hydrogens (tertiary/aromatic N) is 5. The van der Waals surface area contributed by atoms with Crippen LogP contribution in [0.1, 0.15) is 19.3 Å². The average molecular weight is 290 g/mol. The largest absolute Gasteiger partial charge is 0.378 e. The lowest BCUT2D eigenvalue weighted by Gasteiger charge is -2.30. The molecule has 7 heteroatoms. The first-order valence-electron chi connectivity index (χ1n) is 7.86. The minimum atomic E-state index is 0.625. The third-order valence-electron chi connectivity index (χ3n) is 4.80. The molecule has 2 atom stereocenters. The molecule has 3 heterocycles. The predicted octanol–water partition coefficient (Wildman–Crippen LogP) is 0.739. The van der Waals surface area contributed by atoms with Crippen molar-refractivity contribution in [2.24, 2.45) is 5.92 Å². The summed E-state index contributed by atoms with van der Waals surface area (Å²) in [6.45, 7) is 4.27. The lowest BCUT2D eigenvalue weighted by Crippen LogP contribution is -2.39. The summed E-state index contributed by atoms with van der Waals surface area (Å²) in [5.74, 6) is 3.10. The summed E-state index contributed by atoms with van der Waals surface area (Å²) < 4.78 is 5.41. The van der Waals surface area contributed by atoms with Crippen LogP contribution in [0.15, 0.2) is 0 Å². The molecule has 0 radical (unpaired) electrons. The number of morpholine rings is 1. The second kappa shape index (κ2) is 5.29. The van der Waals surface area contributed by atoms with Crippen molar-refractivity contribution < 1.29 is 4.74 Å². The first-order chi connectivity index (χ1) is 10.3. The standard InChI is InChI=1S/C14H22N6O/c1-15-12-16-13(19-4-6-21-7-5-19)18-14(17-12)20-9-10-2-3-11(20)8-10/h10-11H,2-9H2,1H3,(H,15,16,17,18). The SMILES string of the molecule is CNc1nc(N2CCOCC2)nc(N2CC3CCC2C3)n1. The van der Waals surface area contributed by atoms with Crippen LogP contribution in [0.2, 0.25) is 0 Å². The quantitative estimate of drug-likeness (QED) is 0.880. The van der Waals surface area contributed by atoms with Gasteiger partial charge in [-0.1, -0.05) is 0 Å². The van der Waals surface area contributed by atoms with E-state index in [1.54, 1.807) is 0 Å². The van der Waals surface area contributed by atoms with E-state index in [9.17, 15) is 0 Å². The van der Waals surface area contributed by atoms with Gasteiger partial charge >= 0.3 is 0 Å². The van der Waals surface area contributed by atoms with Crippen LogP contribution in [0.5, 0.6) is 0 Å². The molecule has 0 spiro atoms. The molecule has 2 unspecified atom stereocenters. The van der Waals surface area contributed by atoms with Crippen molar-refractivity contribution in [3.05, 3.63) is 0 Å². The summed E-state index contributed by atoms with van der Waals surface area (Å²) in [7, 11) is 1.86. The molecule has 1 N–H and O–H groups in total. The van der Waals surface area contributed by atoms with E-state index < -0.39 is 0 Å². The van der Waals surface area contributed by atoms with Crippen LogP contribution in [-0.2, 0) is 4.74 Å². The molecule has 114 valence electrons. The van der Waals surface area contributed by atoms with Gasteiger partial charge < -0.3 is 19.9 Å². The molecule has 1 aromatic rings. The monoisotopic (exact) mass is 290 g/mol. The maximum Gasteiger partial charge on any atom is 0.232 e. The van der Waals surface area contributed by atoms with Crippen LogP contribution in [0.3, 0.4) is 0 Å². The Morgan fingerprint density at radius 3 is 2.57 bits per heavy atom. The molecule has 4 rings (SSSR count). The van der Waals surface area contributed by atoms with Crippen LogP contribution in [0.25, 0.3) is 0 Å². The van der Waals surface area contributed by atoms with Crippen LogP contribution in [0, 0.1) is 5.92 Å². The summed E-state index contributed by atoms with van der Waals surface area (Å²) >= 11 is 0. The zero-order valence-electron chi connectivity index (χ0n) is 12.5. The van der Waals surface area contributed by atoms with E-state index in [1.165, 1.54) is 19.3 Å². The zero-order chi connectivity index (χ0) is 14.2.